The van der Waals surface area contributed by atoms with Crippen molar-refractivity contribution in [3.8, 4) is 5.69 Å². The highest BCUT2D eigenvalue weighted by Gasteiger charge is 2.14. The monoisotopic (exact) mass is 297 g/mol. The van der Waals surface area contributed by atoms with Crippen molar-refractivity contribution in [1.29, 1.82) is 0 Å². The molecule has 0 saturated carbocycles. The van der Waals surface area contributed by atoms with E-state index in [9.17, 15) is 4.39 Å². The molecule has 2 rings (SSSR count). The summed E-state index contributed by atoms with van der Waals surface area (Å²) in [6, 6.07) is 4.89. The standard InChI is InChI=1S/C12H13BrFN3/c1-7-12(13)8(2)17(16-7)11-5-3-4-10(14)9(11)6-15/h3-5H,6,15H2,1-2H3. The molecule has 2 N–H and O–H groups in total. The molecule has 0 bridgehead atoms. The van der Waals surface area contributed by atoms with Gasteiger partial charge in [-0.2, -0.15) is 5.10 Å². The van der Waals surface area contributed by atoms with Gasteiger partial charge in [-0.25, -0.2) is 9.07 Å². The Hall–Kier alpha value is -1.20. The van der Waals surface area contributed by atoms with Crippen LogP contribution >= 0.6 is 15.9 Å². The molecule has 0 aliphatic rings. The third-order valence-corrected chi connectivity index (χ3v) is 3.88. The molecule has 90 valence electrons. The number of nitrogens with zero attached hydrogens (tertiary/aromatic N) is 2. The molecule has 1 heterocycles. The van der Waals surface area contributed by atoms with Crippen molar-refractivity contribution in [3.05, 3.63) is 45.4 Å². The summed E-state index contributed by atoms with van der Waals surface area (Å²) in [6.45, 7) is 3.97. The summed E-state index contributed by atoms with van der Waals surface area (Å²) in [7, 11) is 0. The SMILES string of the molecule is Cc1nn(-c2cccc(F)c2CN)c(C)c1Br. The average Bonchev–Trinajstić information content (AvgIpc) is 2.56. The topological polar surface area (TPSA) is 43.8 Å². The Kier molecular flexibility index (Phi) is 3.31. The Balaban J connectivity index is 2.68. The molecule has 0 aliphatic carbocycles. The van der Waals surface area contributed by atoms with Crippen LogP contribution in [-0.2, 0) is 6.54 Å². The number of aryl methyl sites for hydroxylation is 1. The number of benzene rings is 1. The third kappa shape index (κ3) is 2.00. The van der Waals surface area contributed by atoms with Crippen LogP contribution < -0.4 is 5.73 Å². The smallest absolute Gasteiger partial charge is 0.129 e. The van der Waals surface area contributed by atoms with Gasteiger partial charge in [-0.15, -0.1) is 0 Å². The normalized spacial score (nSPS) is 10.9. The Labute approximate surface area is 108 Å². The van der Waals surface area contributed by atoms with Gasteiger partial charge in [0.2, 0.25) is 0 Å². The molecular formula is C12H13BrFN3. The van der Waals surface area contributed by atoms with Crippen LogP contribution in [0.1, 0.15) is 17.0 Å². The van der Waals surface area contributed by atoms with Gasteiger partial charge in [0.25, 0.3) is 0 Å². The lowest BCUT2D eigenvalue weighted by atomic mass is 10.1. The molecule has 1 aromatic carbocycles. The van der Waals surface area contributed by atoms with Crippen molar-refractivity contribution < 1.29 is 4.39 Å². The maximum absolute atomic E-state index is 13.6. The lowest BCUT2D eigenvalue weighted by molar-refractivity contribution is 0.606. The molecule has 2 aromatic rings. The van der Waals surface area contributed by atoms with E-state index in [1.807, 2.05) is 19.9 Å². The molecule has 0 fully saturated rings. The number of aromatic nitrogens is 2. The van der Waals surface area contributed by atoms with E-state index < -0.39 is 0 Å². The number of rotatable bonds is 2. The van der Waals surface area contributed by atoms with E-state index in [0.717, 1.165) is 15.9 Å². The predicted octanol–water partition coefficient (Wildman–Crippen LogP) is 2.85. The minimum Gasteiger partial charge on any atom is -0.326 e. The van der Waals surface area contributed by atoms with Gasteiger partial charge in [0.05, 0.1) is 21.5 Å². The van der Waals surface area contributed by atoms with Gasteiger partial charge < -0.3 is 5.73 Å². The van der Waals surface area contributed by atoms with E-state index >= 15 is 0 Å². The fourth-order valence-electron chi connectivity index (χ4n) is 1.81. The maximum Gasteiger partial charge on any atom is 0.129 e. The summed E-state index contributed by atoms with van der Waals surface area (Å²) >= 11 is 3.45. The van der Waals surface area contributed by atoms with Crippen LogP contribution in [0.15, 0.2) is 22.7 Å². The summed E-state index contributed by atoms with van der Waals surface area (Å²) in [5.74, 6) is -0.298. The zero-order valence-electron chi connectivity index (χ0n) is 9.67. The first kappa shape index (κ1) is 12.3. The summed E-state index contributed by atoms with van der Waals surface area (Å²) in [4.78, 5) is 0. The molecular weight excluding hydrogens is 285 g/mol. The Morgan fingerprint density at radius 1 is 1.41 bits per heavy atom. The first-order valence-corrected chi connectivity index (χ1v) is 6.05. The molecule has 0 spiro atoms. The van der Waals surface area contributed by atoms with Crippen LogP contribution in [0.2, 0.25) is 0 Å². The number of hydrogen-bond acceptors (Lipinski definition) is 2. The molecule has 0 unspecified atom stereocenters. The summed E-state index contributed by atoms with van der Waals surface area (Å²) in [5.41, 5.74) is 8.56. The second-order valence-electron chi connectivity index (χ2n) is 3.84. The largest absolute Gasteiger partial charge is 0.326 e. The second kappa shape index (κ2) is 4.58. The highest BCUT2D eigenvalue weighted by molar-refractivity contribution is 9.10. The van der Waals surface area contributed by atoms with E-state index in [1.54, 1.807) is 10.7 Å². The molecule has 5 heteroatoms. The van der Waals surface area contributed by atoms with Crippen molar-refractivity contribution in [1.82, 2.24) is 9.78 Å². The first-order chi connectivity index (χ1) is 8.06. The van der Waals surface area contributed by atoms with Crippen molar-refractivity contribution in [3.63, 3.8) is 0 Å². The zero-order valence-corrected chi connectivity index (χ0v) is 11.3. The van der Waals surface area contributed by atoms with Gasteiger partial charge >= 0.3 is 0 Å². The lowest BCUT2D eigenvalue weighted by Gasteiger charge is -2.10. The molecule has 3 nitrogen and oxygen atoms in total. The van der Waals surface area contributed by atoms with Gasteiger partial charge in [0.15, 0.2) is 0 Å². The van der Waals surface area contributed by atoms with Crippen LogP contribution in [0, 0.1) is 19.7 Å². The molecule has 0 amide bonds. The zero-order chi connectivity index (χ0) is 12.6. The van der Waals surface area contributed by atoms with Crippen LogP contribution in [0.4, 0.5) is 4.39 Å². The summed E-state index contributed by atoms with van der Waals surface area (Å²) in [5, 5.41) is 4.38. The molecule has 17 heavy (non-hydrogen) atoms. The first-order valence-electron chi connectivity index (χ1n) is 5.25. The van der Waals surface area contributed by atoms with Crippen molar-refractivity contribution in [2.45, 2.75) is 20.4 Å². The maximum atomic E-state index is 13.6. The van der Waals surface area contributed by atoms with E-state index in [0.29, 0.717) is 11.3 Å². The van der Waals surface area contributed by atoms with Crippen LogP contribution in [0.3, 0.4) is 0 Å². The van der Waals surface area contributed by atoms with E-state index in [-0.39, 0.29) is 12.4 Å². The van der Waals surface area contributed by atoms with Crippen LogP contribution in [0.5, 0.6) is 0 Å². The average molecular weight is 298 g/mol. The van der Waals surface area contributed by atoms with Gasteiger partial charge in [0.1, 0.15) is 5.82 Å². The molecule has 0 atom stereocenters. The predicted molar refractivity (Wildman–Crippen MR) is 68.6 cm³/mol. The van der Waals surface area contributed by atoms with Crippen molar-refractivity contribution >= 4 is 15.9 Å². The van der Waals surface area contributed by atoms with E-state index in [4.69, 9.17) is 5.73 Å². The minimum atomic E-state index is -0.298. The molecule has 0 saturated heterocycles. The highest BCUT2D eigenvalue weighted by Crippen LogP contribution is 2.25. The van der Waals surface area contributed by atoms with Crippen molar-refractivity contribution in [2.24, 2.45) is 5.73 Å². The van der Waals surface area contributed by atoms with Crippen molar-refractivity contribution in [2.75, 3.05) is 0 Å². The molecule has 0 radical (unpaired) electrons. The quantitative estimate of drug-likeness (QED) is 0.926. The number of nitrogens with two attached hydrogens (primary N) is 1. The second-order valence-corrected chi connectivity index (χ2v) is 4.63. The summed E-state index contributed by atoms with van der Waals surface area (Å²) < 4.78 is 16.3. The fourth-order valence-corrected chi connectivity index (χ4v) is 2.05. The van der Waals surface area contributed by atoms with Gasteiger partial charge in [0, 0.05) is 12.1 Å². The fraction of sp³-hybridized carbons (Fsp3) is 0.250. The molecule has 1 aromatic heterocycles. The summed E-state index contributed by atoms with van der Waals surface area (Å²) in [6.07, 6.45) is 0. The Morgan fingerprint density at radius 2 is 2.12 bits per heavy atom. The Bertz CT molecular complexity index is 563. The van der Waals surface area contributed by atoms with Crippen LogP contribution in [0.25, 0.3) is 5.69 Å². The van der Waals surface area contributed by atoms with Gasteiger partial charge in [-0.3, -0.25) is 0 Å². The third-order valence-electron chi connectivity index (χ3n) is 2.73. The van der Waals surface area contributed by atoms with Gasteiger partial charge in [-0.05, 0) is 41.9 Å². The number of hydrogen-bond donors (Lipinski definition) is 1. The van der Waals surface area contributed by atoms with Gasteiger partial charge in [-0.1, -0.05) is 6.07 Å². The lowest BCUT2D eigenvalue weighted by Crippen LogP contribution is -2.09. The van der Waals surface area contributed by atoms with E-state index in [1.165, 1.54) is 6.07 Å². The minimum absolute atomic E-state index is 0.151. The van der Waals surface area contributed by atoms with Crippen LogP contribution in [-0.4, -0.2) is 9.78 Å². The molecule has 0 aliphatic heterocycles. The number of halogens is 2. The highest BCUT2D eigenvalue weighted by atomic mass is 79.9. The van der Waals surface area contributed by atoms with E-state index in [2.05, 4.69) is 21.0 Å². The Morgan fingerprint density at radius 3 is 2.65 bits per heavy atom.